The summed E-state index contributed by atoms with van der Waals surface area (Å²) in [5, 5.41) is 22.3. The van der Waals surface area contributed by atoms with Crippen molar-refractivity contribution in [1.29, 1.82) is 5.26 Å². The molecule has 1 N–H and O–H groups in total. The third-order valence-corrected chi connectivity index (χ3v) is 2.80. The molecule has 0 aliphatic rings. The smallest absolute Gasteiger partial charge is 0.270 e. The van der Waals surface area contributed by atoms with E-state index in [0.717, 1.165) is 0 Å². The molecule has 6 nitrogen and oxygen atoms in total. The quantitative estimate of drug-likeness (QED) is 0.532. The lowest BCUT2D eigenvalue weighted by Crippen LogP contribution is -2.21. The van der Waals surface area contributed by atoms with Crippen molar-refractivity contribution in [3.63, 3.8) is 0 Å². The monoisotopic (exact) mass is 293 g/mol. The molecule has 108 valence electrons. The topological polar surface area (TPSA) is 96.0 Å². The summed E-state index contributed by atoms with van der Waals surface area (Å²) in [5.41, 5.74) is 0.802. The molecule has 2 aromatic carbocycles. The van der Waals surface area contributed by atoms with Gasteiger partial charge in [0.15, 0.2) is 0 Å². The fraction of sp³-hybridized carbons (Fsp3) is 0. The molecule has 2 rings (SSSR count). The van der Waals surface area contributed by atoms with E-state index in [-0.39, 0.29) is 11.4 Å². The van der Waals surface area contributed by atoms with Crippen LogP contribution in [0.25, 0.3) is 6.08 Å². The maximum absolute atomic E-state index is 12.0. The van der Waals surface area contributed by atoms with Gasteiger partial charge in [0.05, 0.1) is 4.92 Å². The zero-order valence-corrected chi connectivity index (χ0v) is 11.4. The summed E-state index contributed by atoms with van der Waals surface area (Å²) in [4.78, 5) is 22.2. The Balaban J connectivity index is 2.22. The summed E-state index contributed by atoms with van der Waals surface area (Å²) in [6.07, 6.45) is 1.38. The first kappa shape index (κ1) is 14.9. The lowest BCUT2D eigenvalue weighted by atomic mass is 10.1. The van der Waals surface area contributed by atoms with Gasteiger partial charge in [-0.3, -0.25) is 14.9 Å². The average Bonchev–Trinajstić information content (AvgIpc) is 2.55. The summed E-state index contributed by atoms with van der Waals surface area (Å²) in [6.45, 7) is 0. The number of carbonyl (C=O) groups excluding carboxylic acids is 1. The van der Waals surface area contributed by atoms with Gasteiger partial charge in [0.2, 0.25) is 0 Å². The fourth-order valence-corrected chi connectivity index (χ4v) is 1.78. The summed E-state index contributed by atoms with van der Waals surface area (Å²) in [5.74, 6) is -0.418. The Hall–Kier alpha value is -3.46. The molecule has 0 spiro atoms. The normalized spacial score (nSPS) is 10.6. The highest BCUT2D eigenvalue weighted by Crippen LogP contribution is 2.15. The van der Waals surface area contributed by atoms with Crippen LogP contribution in [0.15, 0.2) is 60.3 Å². The Morgan fingerprint density at radius 3 is 2.55 bits per heavy atom. The average molecular weight is 293 g/mol. The Morgan fingerprint density at radius 2 is 1.91 bits per heavy atom. The van der Waals surface area contributed by atoms with E-state index in [4.69, 9.17) is 5.26 Å². The third-order valence-electron chi connectivity index (χ3n) is 2.80. The van der Waals surface area contributed by atoms with E-state index in [1.54, 1.807) is 36.4 Å². The Labute approximate surface area is 126 Å². The lowest BCUT2D eigenvalue weighted by molar-refractivity contribution is -0.384. The van der Waals surface area contributed by atoms with Crippen molar-refractivity contribution in [2.24, 2.45) is 0 Å². The predicted octanol–water partition coefficient (Wildman–Crippen LogP) is 2.89. The highest BCUT2D eigenvalue weighted by molar-refractivity contribution is 5.96. The summed E-state index contributed by atoms with van der Waals surface area (Å²) in [6, 6.07) is 16.1. The second-order valence-electron chi connectivity index (χ2n) is 4.34. The van der Waals surface area contributed by atoms with Crippen LogP contribution in [0.3, 0.4) is 0 Å². The van der Waals surface area contributed by atoms with Crippen molar-refractivity contribution in [1.82, 2.24) is 5.32 Å². The number of hydrogen-bond donors (Lipinski definition) is 1. The van der Waals surface area contributed by atoms with Crippen molar-refractivity contribution in [2.45, 2.75) is 0 Å². The largest absolute Gasteiger partial charge is 0.313 e. The van der Waals surface area contributed by atoms with Crippen LogP contribution in [0, 0.1) is 21.4 Å². The minimum absolute atomic E-state index is 0.00866. The van der Waals surface area contributed by atoms with Gasteiger partial charge in [-0.15, -0.1) is 0 Å². The number of allylic oxidation sites excluding steroid dienone is 1. The van der Waals surface area contributed by atoms with Crippen LogP contribution in [-0.2, 0) is 0 Å². The molecule has 0 unspecified atom stereocenters. The first-order valence-electron chi connectivity index (χ1n) is 6.33. The van der Waals surface area contributed by atoms with E-state index in [0.29, 0.717) is 11.1 Å². The molecule has 22 heavy (non-hydrogen) atoms. The van der Waals surface area contributed by atoms with Crippen LogP contribution in [0.1, 0.15) is 15.9 Å². The van der Waals surface area contributed by atoms with Gasteiger partial charge in [-0.05, 0) is 23.8 Å². The van der Waals surface area contributed by atoms with Gasteiger partial charge in [0, 0.05) is 17.7 Å². The molecule has 2 aromatic rings. The van der Waals surface area contributed by atoms with Gasteiger partial charge in [-0.1, -0.05) is 30.3 Å². The van der Waals surface area contributed by atoms with Crippen LogP contribution < -0.4 is 5.32 Å². The van der Waals surface area contributed by atoms with Crippen molar-refractivity contribution in [2.75, 3.05) is 0 Å². The number of non-ortho nitro benzene ring substituents is 1. The molecule has 0 aliphatic carbocycles. The van der Waals surface area contributed by atoms with Gasteiger partial charge in [0.25, 0.3) is 11.6 Å². The van der Waals surface area contributed by atoms with Gasteiger partial charge in [-0.2, -0.15) is 5.26 Å². The van der Waals surface area contributed by atoms with Gasteiger partial charge < -0.3 is 5.32 Å². The number of nitrogens with one attached hydrogen (secondary N) is 1. The van der Waals surface area contributed by atoms with Crippen LogP contribution >= 0.6 is 0 Å². The Morgan fingerprint density at radius 1 is 1.18 bits per heavy atom. The fourth-order valence-electron chi connectivity index (χ4n) is 1.78. The Bertz CT molecular complexity index is 777. The maximum atomic E-state index is 12.0. The number of nitriles is 1. The second-order valence-corrected chi connectivity index (χ2v) is 4.34. The number of carbonyl (C=O) groups is 1. The molecule has 0 aliphatic heterocycles. The molecule has 6 heteroatoms. The number of benzene rings is 2. The van der Waals surface area contributed by atoms with Gasteiger partial charge >= 0.3 is 0 Å². The molecular formula is C16H11N3O3. The second kappa shape index (κ2) is 6.81. The van der Waals surface area contributed by atoms with Crippen molar-refractivity contribution >= 4 is 17.7 Å². The minimum Gasteiger partial charge on any atom is -0.313 e. The van der Waals surface area contributed by atoms with E-state index in [2.05, 4.69) is 5.32 Å². The van der Waals surface area contributed by atoms with Crippen LogP contribution in [0.2, 0.25) is 0 Å². The number of nitrogens with zero attached hydrogens (tertiary/aromatic N) is 2. The molecule has 0 aromatic heterocycles. The SMILES string of the molecule is N#C/C(=C\c1cccc([N+](=O)[O-])c1)NC(=O)c1ccccc1. The summed E-state index contributed by atoms with van der Waals surface area (Å²) in [7, 11) is 0. The van der Waals surface area contributed by atoms with Crippen LogP contribution in [0.4, 0.5) is 5.69 Å². The van der Waals surface area contributed by atoms with E-state index in [1.807, 2.05) is 6.07 Å². The standard InChI is InChI=1S/C16H11N3O3/c17-11-14(18-16(20)13-6-2-1-3-7-13)9-12-5-4-8-15(10-12)19(21)22/h1-10H,(H,18,20)/b14-9+. The first-order valence-corrected chi connectivity index (χ1v) is 6.33. The molecule has 0 fully saturated rings. The maximum Gasteiger partial charge on any atom is 0.270 e. The predicted molar refractivity (Wildman–Crippen MR) is 80.6 cm³/mol. The first-order chi connectivity index (χ1) is 10.6. The number of hydrogen-bond acceptors (Lipinski definition) is 4. The summed E-state index contributed by atoms with van der Waals surface area (Å²) < 4.78 is 0. The molecule has 0 saturated heterocycles. The van der Waals surface area contributed by atoms with Crippen LogP contribution in [0.5, 0.6) is 0 Å². The van der Waals surface area contributed by atoms with Crippen molar-refractivity contribution in [3.8, 4) is 6.07 Å². The highest BCUT2D eigenvalue weighted by Gasteiger charge is 2.08. The van der Waals surface area contributed by atoms with Crippen molar-refractivity contribution in [3.05, 3.63) is 81.5 Å². The van der Waals surface area contributed by atoms with E-state index in [1.165, 1.54) is 24.3 Å². The number of nitro groups is 1. The van der Waals surface area contributed by atoms with Crippen LogP contribution in [-0.4, -0.2) is 10.8 Å². The Kier molecular flexibility index (Phi) is 4.63. The summed E-state index contributed by atoms with van der Waals surface area (Å²) >= 11 is 0. The van der Waals surface area contributed by atoms with Gasteiger partial charge in [0.1, 0.15) is 11.8 Å². The van der Waals surface area contributed by atoms with E-state index >= 15 is 0 Å². The molecule has 0 saturated carbocycles. The molecule has 1 amide bonds. The third kappa shape index (κ3) is 3.77. The lowest BCUT2D eigenvalue weighted by Gasteiger charge is -2.03. The van der Waals surface area contributed by atoms with E-state index in [9.17, 15) is 14.9 Å². The highest BCUT2D eigenvalue weighted by atomic mass is 16.6. The minimum atomic E-state index is -0.522. The number of nitro benzene ring substituents is 1. The number of amides is 1. The molecular weight excluding hydrogens is 282 g/mol. The zero-order chi connectivity index (χ0) is 15.9. The molecule has 0 heterocycles. The van der Waals surface area contributed by atoms with Gasteiger partial charge in [-0.25, -0.2) is 0 Å². The number of rotatable bonds is 4. The van der Waals surface area contributed by atoms with E-state index < -0.39 is 10.8 Å². The molecule has 0 bridgehead atoms. The van der Waals surface area contributed by atoms with Crippen molar-refractivity contribution < 1.29 is 9.72 Å². The molecule has 0 atom stereocenters. The zero-order valence-electron chi connectivity index (χ0n) is 11.4. The molecule has 0 radical (unpaired) electrons.